The highest BCUT2D eigenvalue weighted by atomic mass is 79.9. The third-order valence-corrected chi connectivity index (χ3v) is 3.60. The lowest BCUT2D eigenvalue weighted by molar-refractivity contribution is 0.102. The van der Waals surface area contributed by atoms with Crippen molar-refractivity contribution in [3.8, 4) is 0 Å². The molecule has 1 atom stereocenters. The molecule has 0 spiro atoms. The van der Waals surface area contributed by atoms with Gasteiger partial charge in [0, 0.05) is 19.6 Å². The Bertz CT molecular complexity index is 453. The smallest absolute Gasteiger partial charge is 0.407 e. The summed E-state index contributed by atoms with van der Waals surface area (Å²) in [5.41, 5.74) is 0. The highest BCUT2D eigenvalue weighted by Gasteiger charge is 2.33. The minimum absolute atomic E-state index is 0.0569. The van der Waals surface area contributed by atoms with Gasteiger partial charge in [0.15, 0.2) is 0 Å². The van der Waals surface area contributed by atoms with Crippen LogP contribution in [0.5, 0.6) is 0 Å². The molecule has 1 saturated heterocycles. The van der Waals surface area contributed by atoms with E-state index >= 15 is 0 Å². The van der Waals surface area contributed by atoms with E-state index in [2.05, 4.69) is 31.1 Å². The zero-order chi connectivity index (χ0) is 14.0. The number of halogens is 1. The van der Waals surface area contributed by atoms with Crippen LogP contribution in [0.1, 0.15) is 13.8 Å². The molecule has 104 valence electrons. The molecule has 1 fully saturated rings. The lowest BCUT2D eigenvalue weighted by Gasteiger charge is -2.41. The second-order valence-corrected chi connectivity index (χ2v) is 5.63. The number of hydrogen-bond acceptors (Lipinski definition) is 5. The minimum Gasteiger partial charge on any atom is -0.465 e. The maximum absolute atomic E-state index is 11.2. The van der Waals surface area contributed by atoms with Gasteiger partial charge < -0.3 is 14.9 Å². The van der Waals surface area contributed by atoms with E-state index < -0.39 is 6.09 Å². The average molecular weight is 330 g/mol. The fraction of sp³-hybridized carbons (Fsp3) is 0.636. The molecule has 2 rings (SSSR count). The Hall–Kier alpha value is -1.44. The lowest BCUT2D eigenvalue weighted by atomic mass is 10.0. The maximum atomic E-state index is 11.2. The molecule has 0 bridgehead atoms. The molecule has 2 heterocycles. The normalized spacial score (nSPS) is 19.9. The molecule has 0 aliphatic carbocycles. The number of nitrogens with zero attached hydrogens (tertiary/aromatic N) is 5. The van der Waals surface area contributed by atoms with Crippen molar-refractivity contribution in [2.45, 2.75) is 19.9 Å². The third kappa shape index (κ3) is 3.12. The number of rotatable bonds is 2. The topological polar surface area (TPSA) is 82.5 Å². The molecule has 1 aliphatic rings. The van der Waals surface area contributed by atoms with Gasteiger partial charge >= 0.3 is 6.09 Å². The summed E-state index contributed by atoms with van der Waals surface area (Å²) in [6, 6.07) is -0.0569. The van der Waals surface area contributed by atoms with Crippen LogP contribution >= 0.6 is 15.9 Å². The molecule has 1 aliphatic heterocycles. The van der Waals surface area contributed by atoms with Crippen LogP contribution in [-0.2, 0) is 0 Å². The van der Waals surface area contributed by atoms with Crippen LogP contribution in [0.3, 0.4) is 0 Å². The summed E-state index contributed by atoms with van der Waals surface area (Å²) in [4.78, 5) is 18.9. The number of amides is 1. The van der Waals surface area contributed by atoms with Crippen molar-refractivity contribution in [3.05, 3.63) is 10.8 Å². The van der Waals surface area contributed by atoms with Gasteiger partial charge in [-0.3, -0.25) is 0 Å². The largest absolute Gasteiger partial charge is 0.465 e. The number of carboxylic acid groups (broad SMARTS) is 1. The van der Waals surface area contributed by atoms with Crippen molar-refractivity contribution in [1.29, 1.82) is 0 Å². The van der Waals surface area contributed by atoms with Gasteiger partial charge in [0.25, 0.3) is 0 Å². The highest BCUT2D eigenvalue weighted by molar-refractivity contribution is 9.10. The minimum atomic E-state index is -0.867. The van der Waals surface area contributed by atoms with E-state index in [9.17, 15) is 9.90 Å². The fourth-order valence-corrected chi connectivity index (χ4v) is 2.38. The zero-order valence-corrected chi connectivity index (χ0v) is 12.4. The molecular weight excluding hydrogens is 314 g/mol. The molecule has 0 saturated carbocycles. The third-order valence-electron chi connectivity index (χ3n) is 3.24. The van der Waals surface area contributed by atoms with Crippen molar-refractivity contribution in [2.24, 2.45) is 5.92 Å². The highest BCUT2D eigenvalue weighted by Crippen LogP contribution is 2.20. The molecule has 1 amide bonds. The summed E-state index contributed by atoms with van der Waals surface area (Å²) in [5, 5.41) is 17.1. The second kappa shape index (κ2) is 5.68. The molecule has 8 heteroatoms. The van der Waals surface area contributed by atoms with Crippen LogP contribution in [-0.4, -0.2) is 57.0 Å². The predicted molar refractivity (Wildman–Crippen MR) is 73.1 cm³/mol. The van der Waals surface area contributed by atoms with E-state index in [-0.39, 0.29) is 12.0 Å². The summed E-state index contributed by atoms with van der Waals surface area (Å²) < 4.78 is 0.584. The van der Waals surface area contributed by atoms with Crippen molar-refractivity contribution in [3.63, 3.8) is 0 Å². The van der Waals surface area contributed by atoms with Gasteiger partial charge in [-0.25, -0.2) is 9.78 Å². The van der Waals surface area contributed by atoms with Gasteiger partial charge in [-0.1, -0.05) is 13.8 Å². The van der Waals surface area contributed by atoms with Gasteiger partial charge in [-0.15, -0.1) is 10.2 Å². The van der Waals surface area contributed by atoms with E-state index in [1.807, 2.05) is 18.7 Å². The van der Waals surface area contributed by atoms with E-state index in [1.165, 1.54) is 4.90 Å². The number of piperazine rings is 1. The summed E-state index contributed by atoms with van der Waals surface area (Å²) >= 11 is 3.19. The molecule has 0 radical (unpaired) electrons. The summed E-state index contributed by atoms with van der Waals surface area (Å²) in [5.74, 6) is 0.779. The van der Waals surface area contributed by atoms with Crippen molar-refractivity contribution in [1.82, 2.24) is 20.1 Å². The standard InChI is InChI=1S/C11H16BrN5O2/c1-7(2)8-6-16(3-4-17(8)11(18)19)10-13-5-9(12)14-15-10/h5,7-8H,3-4,6H2,1-2H3,(H,18,19)/t8-/m1/s1. The number of anilines is 1. The second-order valence-electron chi connectivity index (χ2n) is 4.81. The number of aromatic nitrogens is 3. The monoisotopic (exact) mass is 329 g/mol. The lowest BCUT2D eigenvalue weighted by Crippen LogP contribution is -2.57. The Morgan fingerprint density at radius 3 is 2.74 bits per heavy atom. The quantitative estimate of drug-likeness (QED) is 0.884. The van der Waals surface area contributed by atoms with Gasteiger partial charge in [0.1, 0.15) is 4.60 Å². The average Bonchev–Trinajstić information content (AvgIpc) is 2.38. The first kappa shape index (κ1) is 14.0. The Balaban J connectivity index is 2.14. The van der Waals surface area contributed by atoms with Gasteiger partial charge in [-0.05, 0) is 21.8 Å². The van der Waals surface area contributed by atoms with Crippen LogP contribution in [0, 0.1) is 5.92 Å². The van der Waals surface area contributed by atoms with E-state index in [0.29, 0.717) is 30.2 Å². The zero-order valence-electron chi connectivity index (χ0n) is 10.8. The first-order chi connectivity index (χ1) is 8.99. The van der Waals surface area contributed by atoms with Crippen molar-refractivity contribution >= 4 is 28.0 Å². The van der Waals surface area contributed by atoms with Gasteiger partial charge in [0.2, 0.25) is 5.95 Å². The molecule has 19 heavy (non-hydrogen) atoms. The molecule has 1 aromatic rings. The molecular formula is C11H16BrN5O2. The Labute approximate surface area is 119 Å². The van der Waals surface area contributed by atoms with Crippen molar-refractivity contribution in [2.75, 3.05) is 24.5 Å². The van der Waals surface area contributed by atoms with E-state index in [4.69, 9.17) is 0 Å². The van der Waals surface area contributed by atoms with Crippen LogP contribution in [0.25, 0.3) is 0 Å². The summed E-state index contributed by atoms with van der Waals surface area (Å²) in [7, 11) is 0. The van der Waals surface area contributed by atoms with E-state index in [0.717, 1.165) is 0 Å². The molecule has 1 N–H and O–H groups in total. The number of hydrogen-bond donors (Lipinski definition) is 1. The van der Waals surface area contributed by atoms with Crippen LogP contribution in [0.2, 0.25) is 0 Å². The molecule has 0 unspecified atom stereocenters. The van der Waals surface area contributed by atoms with Crippen LogP contribution in [0.15, 0.2) is 10.8 Å². The van der Waals surface area contributed by atoms with Crippen molar-refractivity contribution < 1.29 is 9.90 Å². The van der Waals surface area contributed by atoms with Gasteiger partial charge in [0.05, 0.1) is 12.2 Å². The maximum Gasteiger partial charge on any atom is 0.407 e. The summed E-state index contributed by atoms with van der Waals surface area (Å²) in [6.45, 7) is 5.67. The first-order valence-corrected chi connectivity index (χ1v) is 6.88. The SMILES string of the molecule is CC(C)[C@H]1CN(c2ncc(Br)nn2)CCN1C(=O)O. The Morgan fingerprint density at radius 1 is 1.47 bits per heavy atom. The summed E-state index contributed by atoms with van der Waals surface area (Å²) in [6.07, 6.45) is 0.726. The fourth-order valence-electron chi connectivity index (χ4n) is 2.20. The van der Waals surface area contributed by atoms with E-state index in [1.54, 1.807) is 6.20 Å². The Morgan fingerprint density at radius 2 is 2.21 bits per heavy atom. The van der Waals surface area contributed by atoms with Crippen LogP contribution in [0.4, 0.5) is 10.7 Å². The number of carbonyl (C=O) groups is 1. The van der Waals surface area contributed by atoms with Gasteiger partial charge in [-0.2, -0.15) is 0 Å². The first-order valence-electron chi connectivity index (χ1n) is 6.08. The molecule has 7 nitrogen and oxygen atoms in total. The Kier molecular flexibility index (Phi) is 4.18. The predicted octanol–water partition coefficient (Wildman–Crippen LogP) is 1.46. The molecule has 0 aromatic carbocycles. The molecule has 1 aromatic heterocycles. The van der Waals surface area contributed by atoms with Crippen LogP contribution < -0.4 is 4.90 Å².